The third-order valence-corrected chi connectivity index (χ3v) is 7.26. The first-order valence-electron chi connectivity index (χ1n) is 9.94. The number of aromatic nitrogens is 4. The van der Waals surface area contributed by atoms with E-state index in [1.54, 1.807) is 27.1 Å². The van der Waals surface area contributed by atoms with Crippen LogP contribution in [-0.4, -0.2) is 56.7 Å². The Morgan fingerprint density at radius 3 is 2.82 bits per heavy atom. The van der Waals surface area contributed by atoms with Crippen molar-refractivity contribution < 1.29 is 9.53 Å². The molecule has 3 aromatic rings. The molecule has 0 N–H and O–H groups in total. The number of ether oxygens (including phenoxy) is 1. The Morgan fingerprint density at radius 1 is 1.29 bits per heavy atom. The molecule has 0 radical (unpaired) electrons. The van der Waals surface area contributed by atoms with Crippen molar-refractivity contribution in [3.63, 3.8) is 0 Å². The van der Waals surface area contributed by atoms with Gasteiger partial charge in [-0.25, -0.2) is 14.5 Å². The topological polar surface area (TPSA) is 72.6 Å². The summed E-state index contributed by atoms with van der Waals surface area (Å²) < 4.78 is 7.00. The van der Waals surface area contributed by atoms with Crippen molar-refractivity contribution >= 4 is 33.1 Å². The Kier molecular flexibility index (Phi) is 4.17. The van der Waals surface area contributed by atoms with E-state index in [1.165, 1.54) is 16.9 Å². The van der Waals surface area contributed by atoms with E-state index >= 15 is 0 Å². The van der Waals surface area contributed by atoms with E-state index in [0.29, 0.717) is 37.6 Å². The number of nitrogens with zero attached hydrogens (tertiary/aromatic N) is 5. The summed E-state index contributed by atoms with van der Waals surface area (Å²) in [6.07, 6.45) is 5.00. The maximum atomic E-state index is 12.8. The minimum atomic E-state index is -0.128. The van der Waals surface area contributed by atoms with Crippen LogP contribution < -0.4 is 0 Å². The summed E-state index contributed by atoms with van der Waals surface area (Å²) in [5, 5.41) is 5.52. The highest BCUT2D eigenvalue weighted by Crippen LogP contribution is 2.43. The second-order valence-electron chi connectivity index (χ2n) is 8.84. The summed E-state index contributed by atoms with van der Waals surface area (Å²) in [5.74, 6) is 0.803. The SMILES string of the molecule is CC(C)(C)C1CCc2c(sc3ncn4nc(C(=O)N5CCOCC5)nc4c23)C1. The van der Waals surface area contributed by atoms with Gasteiger partial charge in [0.25, 0.3) is 5.91 Å². The molecule has 5 rings (SSSR count). The highest BCUT2D eigenvalue weighted by atomic mass is 32.1. The number of thiophene rings is 1. The van der Waals surface area contributed by atoms with E-state index in [-0.39, 0.29) is 11.7 Å². The lowest BCUT2D eigenvalue weighted by Gasteiger charge is -2.33. The van der Waals surface area contributed by atoms with Gasteiger partial charge in [-0.3, -0.25) is 4.79 Å². The molecule has 148 valence electrons. The first kappa shape index (κ1) is 18.0. The Labute approximate surface area is 167 Å². The largest absolute Gasteiger partial charge is 0.378 e. The molecule has 0 spiro atoms. The highest BCUT2D eigenvalue weighted by molar-refractivity contribution is 7.19. The second kappa shape index (κ2) is 6.49. The fourth-order valence-corrected chi connectivity index (χ4v) is 5.57. The summed E-state index contributed by atoms with van der Waals surface area (Å²) in [6.45, 7) is 9.29. The molecule has 1 fully saturated rings. The Morgan fingerprint density at radius 2 is 2.07 bits per heavy atom. The van der Waals surface area contributed by atoms with Crippen molar-refractivity contribution in [1.82, 2.24) is 24.5 Å². The second-order valence-corrected chi connectivity index (χ2v) is 9.93. The van der Waals surface area contributed by atoms with Gasteiger partial charge in [-0.05, 0) is 36.2 Å². The van der Waals surface area contributed by atoms with Crippen LogP contribution in [0.25, 0.3) is 15.9 Å². The zero-order valence-electron chi connectivity index (χ0n) is 16.6. The van der Waals surface area contributed by atoms with Crippen LogP contribution in [0.2, 0.25) is 0 Å². The molecule has 1 atom stereocenters. The van der Waals surface area contributed by atoms with Crippen molar-refractivity contribution in [2.75, 3.05) is 26.3 Å². The predicted octanol–water partition coefficient (Wildman–Crippen LogP) is 2.96. The summed E-state index contributed by atoms with van der Waals surface area (Å²) in [4.78, 5) is 26.3. The lowest BCUT2D eigenvalue weighted by molar-refractivity contribution is 0.0295. The van der Waals surface area contributed by atoms with E-state index in [1.807, 2.05) is 0 Å². The van der Waals surface area contributed by atoms with Gasteiger partial charge < -0.3 is 9.64 Å². The number of morpholine rings is 1. The van der Waals surface area contributed by atoms with E-state index in [4.69, 9.17) is 4.74 Å². The van der Waals surface area contributed by atoms with Crippen LogP contribution in [0.1, 0.15) is 48.3 Å². The molecule has 7 nitrogen and oxygen atoms in total. The number of carbonyl (C=O) groups is 1. The molecule has 28 heavy (non-hydrogen) atoms. The minimum absolute atomic E-state index is 0.128. The van der Waals surface area contributed by atoms with Gasteiger partial charge in [0.1, 0.15) is 11.2 Å². The third-order valence-electron chi connectivity index (χ3n) is 6.10. The summed E-state index contributed by atoms with van der Waals surface area (Å²) in [6, 6.07) is 0. The molecular weight excluding hydrogens is 374 g/mol. The van der Waals surface area contributed by atoms with Gasteiger partial charge in [-0.2, -0.15) is 0 Å². The van der Waals surface area contributed by atoms with E-state index < -0.39 is 0 Å². The molecule has 8 heteroatoms. The van der Waals surface area contributed by atoms with E-state index in [9.17, 15) is 4.79 Å². The monoisotopic (exact) mass is 399 g/mol. The lowest BCUT2D eigenvalue weighted by Crippen LogP contribution is -2.41. The van der Waals surface area contributed by atoms with Gasteiger partial charge >= 0.3 is 0 Å². The molecule has 0 saturated carbocycles. The smallest absolute Gasteiger partial charge is 0.293 e. The van der Waals surface area contributed by atoms with Crippen molar-refractivity contribution in [1.29, 1.82) is 0 Å². The van der Waals surface area contributed by atoms with Gasteiger partial charge in [0.2, 0.25) is 5.82 Å². The fraction of sp³-hybridized carbons (Fsp3) is 0.600. The van der Waals surface area contributed by atoms with Crippen LogP contribution in [-0.2, 0) is 17.6 Å². The maximum Gasteiger partial charge on any atom is 0.293 e. The van der Waals surface area contributed by atoms with Gasteiger partial charge in [0.05, 0.1) is 18.6 Å². The van der Waals surface area contributed by atoms with Gasteiger partial charge in [0, 0.05) is 18.0 Å². The molecule has 1 aliphatic heterocycles. The van der Waals surface area contributed by atoms with Crippen LogP contribution in [0.4, 0.5) is 0 Å². The molecule has 1 saturated heterocycles. The summed E-state index contributed by atoms with van der Waals surface area (Å²) in [7, 11) is 0. The quantitative estimate of drug-likeness (QED) is 0.629. The zero-order chi connectivity index (χ0) is 19.5. The van der Waals surface area contributed by atoms with Crippen LogP contribution in [0, 0.1) is 11.3 Å². The van der Waals surface area contributed by atoms with E-state index in [0.717, 1.165) is 28.7 Å². The van der Waals surface area contributed by atoms with Crippen molar-refractivity contribution in [3.05, 3.63) is 22.6 Å². The Balaban J connectivity index is 1.56. The van der Waals surface area contributed by atoms with Crippen LogP contribution in [0.15, 0.2) is 6.33 Å². The average Bonchev–Trinajstić information content (AvgIpc) is 3.27. The molecule has 1 unspecified atom stereocenters. The molecule has 0 bridgehead atoms. The standard InChI is InChI=1S/C20H25N5O2S/c1-20(2,3)12-4-5-13-14(10-12)28-18-15(13)17-22-16(23-25(17)11-21-18)19(26)24-6-8-27-9-7-24/h11-12H,4-10H2,1-3H3. The molecule has 0 aromatic carbocycles. The fourth-order valence-electron chi connectivity index (χ4n) is 4.31. The molecule has 3 aromatic heterocycles. The van der Waals surface area contributed by atoms with Gasteiger partial charge in [-0.1, -0.05) is 20.8 Å². The van der Waals surface area contributed by atoms with Crippen molar-refractivity contribution in [3.8, 4) is 0 Å². The summed E-state index contributed by atoms with van der Waals surface area (Å²) >= 11 is 1.78. The molecular formula is C20H25N5O2S. The lowest BCUT2D eigenvalue weighted by atomic mass is 9.72. The van der Waals surface area contributed by atoms with Gasteiger partial charge in [0.15, 0.2) is 5.65 Å². The molecule has 1 amide bonds. The first-order valence-corrected chi connectivity index (χ1v) is 10.8. The number of hydrogen-bond donors (Lipinski definition) is 0. The zero-order valence-corrected chi connectivity index (χ0v) is 17.4. The number of rotatable bonds is 1. The molecule has 1 aliphatic carbocycles. The number of hydrogen-bond acceptors (Lipinski definition) is 6. The first-order chi connectivity index (χ1) is 13.4. The Bertz CT molecular complexity index is 1060. The number of aryl methyl sites for hydroxylation is 1. The predicted molar refractivity (Wildman–Crippen MR) is 108 cm³/mol. The third kappa shape index (κ3) is 2.90. The van der Waals surface area contributed by atoms with Crippen LogP contribution in [0.5, 0.6) is 0 Å². The van der Waals surface area contributed by atoms with Crippen LogP contribution >= 0.6 is 11.3 Å². The van der Waals surface area contributed by atoms with Gasteiger partial charge in [-0.15, -0.1) is 16.4 Å². The van der Waals surface area contributed by atoms with E-state index in [2.05, 4.69) is 35.8 Å². The highest BCUT2D eigenvalue weighted by Gasteiger charge is 2.32. The van der Waals surface area contributed by atoms with Crippen LogP contribution in [0.3, 0.4) is 0 Å². The van der Waals surface area contributed by atoms with Crippen molar-refractivity contribution in [2.24, 2.45) is 11.3 Å². The number of carbonyl (C=O) groups excluding carboxylic acids is 1. The minimum Gasteiger partial charge on any atom is -0.378 e. The van der Waals surface area contributed by atoms with Crippen molar-refractivity contribution in [2.45, 2.75) is 40.0 Å². The average molecular weight is 400 g/mol. The maximum absolute atomic E-state index is 12.8. The molecule has 2 aliphatic rings. The Hall–Kier alpha value is -2.06. The number of amides is 1. The summed E-state index contributed by atoms with van der Waals surface area (Å²) in [5.41, 5.74) is 2.42. The molecule has 4 heterocycles. The normalized spacial score (nSPS) is 20.7. The number of fused-ring (bicyclic) bond motifs is 5.